The van der Waals surface area contributed by atoms with Gasteiger partial charge in [0.1, 0.15) is 12.5 Å². The van der Waals surface area contributed by atoms with Gasteiger partial charge in [-0.1, -0.05) is 18.7 Å². The van der Waals surface area contributed by atoms with Crippen LogP contribution in [0.25, 0.3) is 0 Å². The number of alkyl halides is 3. The van der Waals surface area contributed by atoms with Crippen molar-refractivity contribution in [3.63, 3.8) is 0 Å². The maximum atomic E-state index is 12.7. The topological polar surface area (TPSA) is 74.6 Å². The number of ether oxygens (including phenoxy) is 1. The Labute approximate surface area is 199 Å². The average molecular weight is 478 g/mol. The molecule has 1 fully saturated rings. The van der Waals surface area contributed by atoms with Gasteiger partial charge in [0, 0.05) is 31.9 Å². The first kappa shape index (κ1) is 27.1. The summed E-state index contributed by atoms with van der Waals surface area (Å²) >= 11 is 0. The molecule has 186 valence electrons. The molecule has 0 radical (unpaired) electrons. The van der Waals surface area contributed by atoms with Crippen LogP contribution in [0.1, 0.15) is 38.7 Å². The molecule has 0 aromatic heterocycles. The van der Waals surface area contributed by atoms with Crippen LogP contribution in [-0.2, 0) is 10.9 Å². The molecule has 0 atom stereocenters. The van der Waals surface area contributed by atoms with E-state index in [1.807, 2.05) is 32.1 Å². The molecular formula is C25H34F3N5O. The van der Waals surface area contributed by atoms with Crippen LogP contribution in [-0.4, -0.2) is 24.7 Å². The highest BCUT2D eigenvalue weighted by atomic mass is 19.4. The zero-order chi connectivity index (χ0) is 25.0. The van der Waals surface area contributed by atoms with E-state index in [0.29, 0.717) is 24.6 Å². The molecule has 1 aliphatic heterocycles. The molecule has 0 bridgehead atoms. The Kier molecular flexibility index (Phi) is 10.8. The number of anilines is 1. The highest BCUT2D eigenvalue weighted by Crippen LogP contribution is 2.29. The molecule has 9 heteroatoms. The highest BCUT2D eigenvalue weighted by molar-refractivity contribution is 5.45. The summed E-state index contributed by atoms with van der Waals surface area (Å²) in [4.78, 5) is 2.24. The number of hydrogen-bond donors (Lipinski definition) is 4. The lowest BCUT2D eigenvalue weighted by Gasteiger charge is -2.16. The Morgan fingerprint density at radius 1 is 1.18 bits per heavy atom. The predicted octanol–water partition coefficient (Wildman–Crippen LogP) is 5.35. The Morgan fingerprint density at radius 3 is 2.44 bits per heavy atom. The monoisotopic (exact) mass is 477 g/mol. The fraction of sp³-hybridized carbons (Fsp3) is 0.360. The van der Waals surface area contributed by atoms with E-state index in [-0.39, 0.29) is 0 Å². The molecule has 0 unspecified atom stereocenters. The lowest BCUT2D eigenvalue weighted by Crippen LogP contribution is -2.22. The molecule has 0 saturated carbocycles. The molecule has 1 aromatic rings. The van der Waals surface area contributed by atoms with Gasteiger partial charge < -0.3 is 21.0 Å². The van der Waals surface area contributed by atoms with Crippen LogP contribution in [0.4, 0.5) is 18.9 Å². The van der Waals surface area contributed by atoms with E-state index in [1.165, 1.54) is 25.0 Å². The highest BCUT2D eigenvalue weighted by Gasteiger charge is 2.29. The fourth-order valence-electron chi connectivity index (χ4n) is 3.41. The van der Waals surface area contributed by atoms with Gasteiger partial charge in [-0.3, -0.25) is 10.7 Å². The standard InChI is InChI=1S/C25H34F3N5O/c1-4-7-21(16-31-32-24-10-8-23(9-11-24)25(26,27)28)15-22(17-30-29)19(2)14-20(3)34-18-33-12-5-6-13-33/h4,7-11,14,16-17,30-32H,3,5-6,12-13,15,18,29H2,1-2H3/b7-4-,19-14+,21-16+,22-17-. The number of hydrazine groups is 2. The summed E-state index contributed by atoms with van der Waals surface area (Å²) in [7, 11) is 0. The van der Waals surface area contributed by atoms with Crippen molar-refractivity contribution in [1.29, 1.82) is 0 Å². The van der Waals surface area contributed by atoms with Crippen LogP contribution in [0.5, 0.6) is 0 Å². The molecule has 0 amide bonds. The average Bonchev–Trinajstić information content (AvgIpc) is 3.31. The Hall–Kier alpha value is -3.17. The number of nitrogens with one attached hydrogen (secondary N) is 3. The molecule has 0 spiro atoms. The second kappa shape index (κ2) is 13.5. The predicted molar refractivity (Wildman–Crippen MR) is 131 cm³/mol. The van der Waals surface area contributed by atoms with Gasteiger partial charge in [-0.15, -0.1) is 0 Å². The second-order valence-corrected chi connectivity index (χ2v) is 7.97. The van der Waals surface area contributed by atoms with Crippen molar-refractivity contribution in [3.8, 4) is 0 Å². The maximum Gasteiger partial charge on any atom is 0.416 e. The summed E-state index contributed by atoms with van der Waals surface area (Å²) in [5, 5.41) is 0. The second-order valence-electron chi connectivity index (χ2n) is 7.97. The number of nitrogens with zero attached hydrogens (tertiary/aromatic N) is 1. The third-order valence-corrected chi connectivity index (χ3v) is 5.23. The minimum absolute atomic E-state index is 0.506. The summed E-state index contributed by atoms with van der Waals surface area (Å²) in [6.45, 7) is 10.5. The van der Waals surface area contributed by atoms with Crippen molar-refractivity contribution in [2.75, 3.05) is 25.2 Å². The summed E-state index contributed by atoms with van der Waals surface area (Å²) < 4.78 is 43.9. The van der Waals surface area contributed by atoms with E-state index in [1.54, 1.807) is 12.4 Å². The van der Waals surface area contributed by atoms with Gasteiger partial charge in [-0.25, -0.2) is 0 Å². The molecule has 2 rings (SSSR count). The Bertz CT molecular complexity index is 911. The summed E-state index contributed by atoms with van der Waals surface area (Å²) in [6.07, 6.45) is 7.73. The van der Waals surface area contributed by atoms with E-state index in [2.05, 4.69) is 27.8 Å². The summed E-state index contributed by atoms with van der Waals surface area (Å²) in [5.74, 6) is 6.12. The first-order valence-electron chi connectivity index (χ1n) is 11.1. The molecule has 1 aromatic carbocycles. The van der Waals surface area contributed by atoms with E-state index >= 15 is 0 Å². The molecule has 6 nitrogen and oxygen atoms in total. The number of nitrogens with two attached hydrogens (primary N) is 1. The van der Waals surface area contributed by atoms with Crippen LogP contribution in [0.3, 0.4) is 0 Å². The summed E-state index contributed by atoms with van der Waals surface area (Å²) in [5.41, 5.74) is 11.0. The van der Waals surface area contributed by atoms with Crippen molar-refractivity contribution in [1.82, 2.24) is 15.8 Å². The van der Waals surface area contributed by atoms with E-state index < -0.39 is 11.7 Å². The zero-order valence-corrected chi connectivity index (χ0v) is 19.7. The van der Waals surface area contributed by atoms with Crippen LogP contribution >= 0.6 is 0 Å². The van der Waals surface area contributed by atoms with Crippen molar-refractivity contribution < 1.29 is 17.9 Å². The van der Waals surface area contributed by atoms with Crippen molar-refractivity contribution >= 4 is 5.69 Å². The quantitative estimate of drug-likeness (QED) is 0.141. The third-order valence-electron chi connectivity index (χ3n) is 5.23. The van der Waals surface area contributed by atoms with Crippen molar-refractivity contribution in [3.05, 3.63) is 89.5 Å². The lowest BCUT2D eigenvalue weighted by atomic mass is 9.99. The fourth-order valence-corrected chi connectivity index (χ4v) is 3.41. The number of likely N-dealkylation sites (tertiary alicyclic amines) is 1. The zero-order valence-electron chi connectivity index (χ0n) is 19.7. The number of allylic oxidation sites excluding steroid dienone is 6. The smallest absolute Gasteiger partial charge is 0.416 e. The first-order chi connectivity index (χ1) is 16.2. The van der Waals surface area contributed by atoms with Gasteiger partial charge in [0.05, 0.1) is 11.3 Å². The molecule has 1 heterocycles. The largest absolute Gasteiger partial charge is 0.479 e. The normalized spacial score (nSPS) is 16.1. The number of benzene rings is 1. The van der Waals surface area contributed by atoms with E-state index in [0.717, 1.165) is 41.9 Å². The Morgan fingerprint density at radius 2 is 1.85 bits per heavy atom. The molecule has 1 aliphatic rings. The van der Waals surface area contributed by atoms with Crippen molar-refractivity contribution in [2.45, 2.75) is 39.3 Å². The minimum Gasteiger partial charge on any atom is -0.479 e. The van der Waals surface area contributed by atoms with Crippen LogP contribution in [0.15, 0.2) is 84.0 Å². The Balaban J connectivity index is 1.99. The SMILES string of the molecule is C=C(/C=C(C)/C(=C\NN)CC(/C=C\C)=C/NNc1ccc(C(F)(F)F)cc1)OCN1CCCC1. The van der Waals surface area contributed by atoms with E-state index in [4.69, 9.17) is 10.6 Å². The molecule has 1 saturated heterocycles. The van der Waals surface area contributed by atoms with Crippen LogP contribution in [0.2, 0.25) is 0 Å². The van der Waals surface area contributed by atoms with Gasteiger partial charge in [0.25, 0.3) is 0 Å². The molecule has 5 N–H and O–H groups in total. The summed E-state index contributed by atoms with van der Waals surface area (Å²) in [6, 6.07) is 4.79. The maximum absolute atomic E-state index is 12.7. The van der Waals surface area contributed by atoms with Gasteiger partial charge in [-0.05, 0) is 73.7 Å². The van der Waals surface area contributed by atoms with Gasteiger partial charge in [-0.2, -0.15) is 13.2 Å². The molecule has 34 heavy (non-hydrogen) atoms. The van der Waals surface area contributed by atoms with Crippen LogP contribution in [0, 0.1) is 0 Å². The number of halogens is 3. The minimum atomic E-state index is -4.36. The van der Waals surface area contributed by atoms with Gasteiger partial charge >= 0.3 is 6.18 Å². The van der Waals surface area contributed by atoms with Crippen LogP contribution < -0.4 is 22.1 Å². The molecular weight excluding hydrogens is 443 g/mol. The molecule has 0 aliphatic carbocycles. The first-order valence-corrected chi connectivity index (χ1v) is 11.1. The number of rotatable bonds is 12. The van der Waals surface area contributed by atoms with E-state index in [9.17, 15) is 13.2 Å². The van der Waals surface area contributed by atoms with Gasteiger partial charge in [0.15, 0.2) is 0 Å². The van der Waals surface area contributed by atoms with Gasteiger partial charge in [0.2, 0.25) is 0 Å². The lowest BCUT2D eigenvalue weighted by molar-refractivity contribution is -0.137. The number of hydrogen-bond acceptors (Lipinski definition) is 6. The third kappa shape index (κ3) is 9.36. The van der Waals surface area contributed by atoms with Crippen molar-refractivity contribution in [2.24, 2.45) is 5.84 Å².